The number of benzene rings is 1. The number of carbonyl (C=O) groups excluding carboxylic acids is 1. The SMILES string of the molecule is Cc1cc(NC(=O)CCC2CCNCC2)ccc1OC(C)C.Cl. The van der Waals surface area contributed by atoms with E-state index in [-0.39, 0.29) is 24.4 Å². The van der Waals surface area contributed by atoms with Gasteiger partial charge in [0.05, 0.1) is 6.10 Å². The summed E-state index contributed by atoms with van der Waals surface area (Å²) in [5.41, 5.74) is 1.90. The van der Waals surface area contributed by atoms with Gasteiger partial charge in [-0.2, -0.15) is 0 Å². The van der Waals surface area contributed by atoms with Gasteiger partial charge in [0.2, 0.25) is 5.91 Å². The molecule has 0 aliphatic carbocycles. The Hall–Kier alpha value is -1.26. The number of rotatable bonds is 6. The minimum absolute atomic E-state index is 0. The third kappa shape index (κ3) is 6.80. The second kappa shape index (κ2) is 9.78. The first-order chi connectivity index (χ1) is 10.5. The summed E-state index contributed by atoms with van der Waals surface area (Å²) in [6.45, 7) is 8.19. The topological polar surface area (TPSA) is 50.4 Å². The number of piperidine rings is 1. The first-order valence-electron chi connectivity index (χ1n) is 8.32. The molecule has 1 saturated heterocycles. The van der Waals surface area contributed by atoms with Crippen molar-refractivity contribution in [3.8, 4) is 5.75 Å². The van der Waals surface area contributed by atoms with Crippen LogP contribution in [0.4, 0.5) is 5.69 Å². The zero-order chi connectivity index (χ0) is 15.9. The molecule has 0 spiro atoms. The van der Waals surface area contributed by atoms with Crippen LogP contribution in [-0.4, -0.2) is 25.1 Å². The fraction of sp³-hybridized carbons (Fsp3) is 0.611. The molecule has 0 aromatic heterocycles. The molecule has 1 fully saturated rings. The van der Waals surface area contributed by atoms with Crippen LogP contribution in [0.25, 0.3) is 0 Å². The predicted octanol–water partition coefficient (Wildman–Crippen LogP) is 3.92. The number of aryl methyl sites for hydroxylation is 1. The molecular weight excluding hydrogens is 312 g/mol. The Morgan fingerprint density at radius 3 is 2.65 bits per heavy atom. The van der Waals surface area contributed by atoms with Crippen LogP contribution in [0.2, 0.25) is 0 Å². The van der Waals surface area contributed by atoms with Crippen molar-refractivity contribution < 1.29 is 9.53 Å². The van der Waals surface area contributed by atoms with Crippen LogP contribution >= 0.6 is 12.4 Å². The number of anilines is 1. The second-order valence-electron chi connectivity index (χ2n) is 6.43. The van der Waals surface area contributed by atoms with Gasteiger partial charge in [0.25, 0.3) is 0 Å². The van der Waals surface area contributed by atoms with Crippen molar-refractivity contribution in [1.82, 2.24) is 5.32 Å². The average molecular weight is 341 g/mol. The summed E-state index contributed by atoms with van der Waals surface area (Å²) in [5.74, 6) is 1.67. The molecule has 5 heteroatoms. The van der Waals surface area contributed by atoms with E-state index in [4.69, 9.17) is 4.74 Å². The molecule has 0 unspecified atom stereocenters. The number of nitrogens with one attached hydrogen (secondary N) is 2. The molecule has 1 aliphatic heterocycles. The van der Waals surface area contributed by atoms with E-state index in [1.165, 1.54) is 12.8 Å². The second-order valence-corrected chi connectivity index (χ2v) is 6.43. The minimum atomic E-state index is 0. The number of carbonyl (C=O) groups is 1. The van der Waals surface area contributed by atoms with Crippen LogP contribution in [0, 0.1) is 12.8 Å². The molecule has 0 radical (unpaired) electrons. The summed E-state index contributed by atoms with van der Waals surface area (Å²) in [7, 11) is 0. The van der Waals surface area contributed by atoms with E-state index >= 15 is 0 Å². The van der Waals surface area contributed by atoms with Crippen LogP contribution in [0.3, 0.4) is 0 Å². The van der Waals surface area contributed by atoms with Crippen molar-refractivity contribution >= 4 is 24.0 Å². The highest BCUT2D eigenvalue weighted by Crippen LogP contribution is 2.23. The van der Waals surface area contributed by atoms with Crippen LogP contribution in [-0.2, 0) is 4.79 Å². The zero-order valence-electron chi connectivity index (χ0n) is 14.4. The van der Waals surface area contributed by atoms with Gasteiger partial charge in [-0.1, -0.05) is 0 Å². The number of ether oxygens (including phenoxy) is 1. The maximum Gasteiger partial charge on any atom is 0.224 e. The molecule has 1 aromatic rings. The molecule has 2 rings (SSSR count). The molecule has 0 atom stereocenters. The monoisotopic (exact) mass is 340 g/mol. The Kier molecular flexibility index (Phi) is 8.42. The van der Waals surface area contributed by atoms with E-state index in [0.29, 0.717) is 12.3 Å². The van der Waals surface area contributed by atoms with Gasteiger partial charge in [-0.05, 0) is 82.8 Å². The lowest BCUT2D eigenvalue weighted by atomic mass is 9.93. The highest BCUT2D eigenvalue weighted by Gasteiger charge is 2.14. The number of amides is 1. The lowest BCUT2D eigenvalue weighted by molar-refractivity contribution is -0.116. The van der Waals surface area contributed by atoms with Gasteiger partial charge in [0, 0.05) is 12.1 Å². The Morgan fingerprint density at radius 2 is 2.04 bits per heavy atom. The molecule has 1 amide bonds. The highest BCUT2D eigenvalue weighted by atomic mass is 35.5. The minimum Gasteiger partial charge on any atom is -0.491 e. The van der Waals surface area contributed by atoms with Gasteiger partial charge in [-0.25, -0.2) is 0 Å². The van der Waals surface area contributed by atoms with Crippen molar-refractivity contribution in [2.75, 3.05) is 18.4 Å². The van der Waals surface area contributed by atoms with E-state index in [1.54, 1.807) is 0 Å². The Morgan fingerprint density at radius 1 is 1.35 bits per heavy atom. The lowest BCUT2D eigenvalue weighted by Crippen LogP contribution is -2.28. The quantitative estimate of drug-likeness (QED) is 0.825. The maximum absolute atomic E-state index is 12.1. The van der Waals surface area contributed by atoms with Crippen molar-refractivity contribution in [3.05, 3.63) is 23.8 Å². The van der Waals surface area contributed by atoms with Gasteiger partial charge in [0.1, 0.15) is 5.75 Å². The fourth-order valence-corrected chi connectivity index (χ4v) is 2.84. The molecule has 0 saturated carbocycles. The first kappa shape index (κ1) is 19.8. The van der Waals surface area contributed by atoms with Crippen LogP contribution < -0.4 is 15.4 Å². The summed E-state index contributed by atoms with van der Waals surface area (Å²) >= 11 is 0. The van der Waals surface area contributed by atoms with Gasteiger partial charge in [-0.15, -0.1) is 12.4 Å². The van der Waals surface area contributed by atoms with Crippen molar-refractivity contribution in [1.29, 1.82) is 0 Å². The van der Waals surface area contributed by atoms with Gasteiger partial charge >= 0.3 is 0 Å². The summed E-state index contributed by atoms with van der Waals surface area (Å²) in [6, 6.07) is 5.81. The third-order valence-corrected chi connectivity index (χ3v) is 4.06. The molecule has 1 heterocycles. The molecule has 2 N–H and O–H groups in total. The molecular formula is C18H29ClN2O2. The van der Waals surface area contributed by atoms with Gasteiger partial charge in [0.15, 0.2) is 0 Å². The zero-order valence-corrected chi connectivity index (χ0v) is 15.2. The van der Waals surface area contributed by atoms with E-state index in [1.807, 2.05) is 39.0 Å². The first-order valence-corrected chi connectivity index (χ1v) is 8.32. The van der Waals surface area contributed by atoms with E-state index in [2.05, 4.69) is 10.6 Å². The van der Waals surface area contributed by atoms with Crippen LogP contribution in [0.5, 0.6) is 5.75 Å². The highest BCUT2D eigenvalue weighted by molar-refractivity contribution is 5.90. The third-order valence-electron chi connectivity index (χ3n) is 4.06. The standard InChI is InChI=1S/C18H28N2O2.ClH/c1-13(2)22-17-6-5-16(12-14(17)3)20-18(21)7-4-15-8-10-19-11-9-15;/h5-6,12-13,15,19H,4,7-11H2,1-3H3,(H,20,21);1H. The largest absolute Gasteiger partial charge is 0.491 e. The van der Waals surface area contributed by atoms with Crippen molar-refractivity contribution in [3.63, 3.8) is 0 Å². The molecule has 1 aromatic carbocycles. The summed E-state index contributed by atoms with van der Waals surface area (Å²) in [4.78, 5) is 12.1. The predicted molar refractivity (Wildman–Crippen MR) is 97.6 cm³/mol. The van der Waals surface area contributed by atoms with E-state index < -0.39 is 0 Å². The molecule has 23 heavy (non-hydrogen) atoms. The van der Waals surface area contributed by atoms with Gasteiger partial charge in [-0.3, -0.25) is 4.79 Å². The molecule has 0 bridgehead atoms. The Bertz CT molecular complexity index is 500. The van der Waals surface area contributed by atoms with Crippen molar-refractivity contribution in [2.45, 2.75) is 52.6 Å². The molecule has 130 valence electrons. The average Bonchev–Trinajstić information content (AvgIpc) is 2.49. The fourth-order valence-electron chi connectivity index (χ4n) is 2.84. The maximum atomic E-state index is 12.1. The summed E-state index contributed by atoms with van der Waals surface area (Å²) in [5, 5.41) is 6.35. The number of halogens is 1. The van der Waals surface area contributed by atoms with Crippen LogP contribution in [0.1, 0.15) is 45.1 Å². The van der Waals surface area contributed by atoms with E-state index in [9.17, 15) is 4.79 Å². The smallest absolute Gasteiger partial charge is 0.224 e. The molecule has 4 nitrogen and oxygen atoms in total. The lowest BCUT2D eigenvalue weighted by Gasteiger charge is -2.22. The van der Waals surface area contributed by atoms with Crippen LogP contribution in [0.15, 0.2) is 18.2 Å². The van der Waals surface area contributed by atoms with Gasteiger partial charge < -0.3 is 15.4 Å². The normalized spacial score (nSPS) is 15.1. The van der Waals surface area contributed by atoms with E-state index in [0.717, 1.165) is 36.5 Å². The number of hydrogen-bond acceptors (Lipinski definition) is 3. The van der Waals surface area contributed by atoms with Crippen molar-refractivity contribution in [2.24, 2.45) is 5.92 Å². The summed E-state index contributed by atoms with van der Waals surface area (Å²) < 4.78 is 5.71. The molecule has 1 aliphatic rings. The Labute approximate surface area is 145 Å². The summed E-state index contributed by atoms with van der Waals surface area (Å²) in [6.07, 6.45) is 4.13. The Balaban J connectivity index is 0.00000264. The number of hydrogen-bond donors (Lipinski definition) is 2.